The van der Waals surface area contributed by atoms with Gasteiger partial charge in [0.05, 0.1) is 0 Å². The molecule has 2 N–H and O–H groups in total. The molecule has 5 nitrogen and oxygen atoms in total. The maximum atomic E-state index is 12.2. The SMILES string of the molecule is O=C(NCCc1cccc(Cl)c1)c1ccc(CSc2ncn[nH]2)cc1. The van der Waals surface area contributed by atoms with Crippen LogP contribution in [0.1, 0.15) is 21.5 Å². The number of rotatable bonds is 7. The number of aromatic nitrogens is 3. The zero-order valence-electron chi connectivity index (χ0n) is 13.4. The molecule has 0 saturated carbocycles. The van der Waals surface area contributed by atoms with Crippen LogP contribution in [0.5, 0.6) is 0 Å². The number of carbonyl (C=O) groups excluding carboxylic acids is 1. The molecule has 0 spiro atoms. The Morgan fingerprint density at radius 1 is 1.16 bits per heavy atom. The number of amides is 1. The van der Waals surface area contributed by atoms with E-state index in [2.05, 4.69) is 20.5 Å². The third kappa shape index (κ3) is 5.34. The van der Waals surface area contributed by atoms with E-state index < -0.39 is 0 Å². The lowest BCUT2D eigenvalue weighted by molar-refractivity contribution is 0.0954. The van der Waals surface area contributed by atoms with Gasteiger partial charge in [0.15, 0.2) is 5.16 Å². The van der Waals surface area contributed by atoms with Crippen LogP contribution in [-0.4, -0.2) is 27.6 Å². The van der Waals surface area contributed by atoms with Crippen LogP contribution in [0.15, 0.2) is 60.0 Å². The number of aromatic amines is 1. The average Bonchev–Trinajstić information content (AvgIpc) is 3.14. The van der Waals surface area contributed by atoms with Crippen molar-refractivity contribution in [2.24, 2.45) is 0 Å². The Bertz CT molecular complexity index is 821. The highest BCUT2D eigenvalue weighted by atomic mass is 35.5. The van der Waals surface area contributed by atoms with Crippen LogP contribution in [0.4, 0.5) is 0 Å². The molecule has 1 heterocycles. The van der Waals surface area contributed by atoms with Gasteiger partial charge in [0.1, 0.15) is 6.33 Å². The molecule has 0 radical (unpaired) electrons. The van der Waals surface area contributed by atoms with Gasteiger partial charge in [-0.05, 0) is 41.8 Å². The van der Waals surface area contributed by atoms with E-state index in [1.807, 2.05) is 48.5 Å². The minimum Gasteiger partial charge on any atom is -0.352 e. The number of thioether (sulfide) groups is 1. The summed E-state index contributed by atoms with van der Waals surface area (Å²) in [5.74, 6) is 0.697. The third-order valence-corrected chi connectivity index (χ3v) is 4.76. The molecule has 3 aromatic rings. The van der Waals surface area contributed by atoms with Gasteiger partial charge in [-0.15, -0.1) is 0 Å². The fraction of sp³-hybridized carbons (Fsp3) is 0.167. The molecular weight excluding hydrogens is 356 g/mol. The molecule has 7 heteroatoms. The first-order valence-corrected chi connectivity index (χ1v) is 9.17. The summed E-state index contributed by atoms with van der Waals surface area (Å²) >= 11 is 7.52. The lowest BCUT2D eigenvalue weighted by Gasteiger charge is -2.07. The quantitative estimate of drug-likeness (QED) is 0.620. The molecule has 0 saturated heterocycles. The lowest BCUT2D eigenvalue weighted by Crippen LogP contribution is -2.25. The van der Waals surface area contributed by atoms with Crippen molar-refractivity contribution in [3.8, 4) is 0 Å². The van der Waals surface area contributed by atoms with E-state index in [1.54, 1.807) is 11.8 Å². The van der Waals surface area contributed by atoms with Gasteiger partial charge in [0, 0.05) is 22.9 Å². The highest BCUT2D eigenvalue weighted by molar-refractivity contribution is 7.98. The largest absolute Gasteiger partial charge is 0.352 e. The molecule has 1 aromatic heterocycles. The summed E-state index contributed by atoms with van der Waals surface area (Å²) in [5.41, 5.74) is 2.88. The first-order valence-electron chi connectivity index (χ1n) is 7.80. The second kappa shape index (κ2) is 8.69. The minimum absolute atomic E-state index is 0.0727. The van der Waals surface area contributed by atoms with E-state index >= 15 is 0 Å². The van der Waals surface area contributed by atoms with Crippen LogP contribution in [-0.2, 0) is 12.2 Å². The Morgan fingerprint density at radius 3 is 2.72 bits per heavy atom. The topological polar surface area (TPSA) is 70.7 Å². The maximum absolute atomic E-state index is 12.2. The van der Waals surface area contributed by atoms with E-state index in [0.717, 1.165) is 28.5 Å². The van der Waals surface area contributed by atoms with E-state index in [0.29, 0.717) is 17.1 Å². The zero-order chi connectivity index (χ0) is 17.5. The standard InChI is InChI=1S/C18H17ClN4OS/c19-16-3-1-2-13(10-16)8-9-20-17(24)15-6-4-14(5-7-15)11-25-18-21-12-22-23-18/h1-7,10,12H,8-9,11H2,(H,20,24)(H,21,22,23). The van der Waals surface area contributed by atoms with Gasteiger partial charge in [-0.1, -0.05) is 47.6 Å². The molecule has 0 bridgehead atoms. The van der Waals surface area contributed by atoms with Crippen molar-refractivity contribution < 1.29 is 4.79 Å². The molecule has 1 amide bonds. The van der Waals surface area contributed by atoms with Gasteiger partial charge < -0.3 is 5.32 Å². The molecule has 0 aliphatic rings. The van der Waals surface area contributed by atoms with E-state index in [4.69, 9.17) is 11.6 Å². The summed E-state index contributed by atoms with van der Waals surface area (Å²) in [7, 11) is 0. The summed E-state index contributed by atoms with van der Waals surface area (Å²) in [6.45, 7) is 0.572. The predicted molar refractivity (Wildman–Crippen MR) is 99.9 cm³/mol. The Kier molecular flexibility index (Phi) is 6.09. The van der Waals surface area contributed by atoms with E-state index in [-0.39, 0.29) is 5.91 Å². The van der Waals surface area contributed by atoms with Crippen molar-refractivity contribution in [3.05, 3.63) is 76.6 Å². The Balaban J connectivity index is 1.47. The second-order valence-electron chi connectivity index (χ2n) is 5.41. The number of nitrogens with zero attached hydrogens (tertiary/aromatic N) is 2. The van der Waals surface area contributed by atoms with Crippen LogP contribution in [0.25, 0.3) is 0 Å². The maximum Gasteiger partial charge on any atom is 0.251 e. The van der Waals surface area contributed by atoms with Crippen molar-refractivity contribution in [2.45, 2.75) is 17.3 Å². The third-order valence-electron chi connectivity index (χ3n) is 3.57. The number of carbonyl (C=O) groups is 1. The van der Waals surface area contributed by atoms with Crippen LogP contribution < -0.4 is 5.32 Å². The number of benzene rings is 2. The number of hydrogen-bond acceptors (Lipinski definition) is 4. The fourth-order valence-electron chi connectivity index (χ4n) is 2.28. The van der Waals surface area contributed by atoms with Gasteiger partial charge >= 0.3 is 0 Å². The number of nitrogens with one attached hydrogen (secondary N) is 2. The normalized spacial score (nSPS) is 10.6. The van der Waals surface area contributed by atoms with Gasteiger partial charge in [0.2, 0.25) is 0 Å². The smallest absolute Gasteiger partial charge is 0.251 e. The molecule has 0 aliphatic heterocycles. The number of halogens is 1. The number of hydrogen-bond donors (Lipinski definition) is 2. The average molecular weight is 373 g/mol. The molecule has 128 valence electrons. The van der Waals surface area contributed by atoms with Crippen molar-refractivity contribution in [1.29, 1.82) is 0 Å². The summed E-state index contributed by atoms with van der Waals surface area (Å²) in [5, 5.41) is 11.0. The summed E-state index contributed by atoms with van der Waals surface area (Å²) < 4.78 is 0. The predicted octanol–water partition coefficient (Wildman–Crippen LogP) is 3.72. The fourth-order valence-corrected chi connectivity index (χ4v) is 3.23. The van der Waals surface area contributed by atoms with Crippen LogP contribution in [0.2, 0.25) is 5.02 Å². The van der Waals surface area contributed by atoms with Crippen LogP contribution in [0, 0.1) is 0 Å². The molecule has 0 unspecified atom stereocenters. The van der Waals surface area contributed by atoms with Crippen LogP contribution >= 0.6 is 23.4 Å². The van der Waals surface area contributed by atoms with Crippen molar-refractivity contribution in [2.75, 3.05) is 6.54 Å². The monoisotopic (exact) mass is 372 g/mol. The Morgan fingerprint density at radius 2 is 2.00 bits per heavy atom. The lowest BCUT2D eigenvalue weighted by atomic mass is 10.1. The molecule has 2 aromatic carbocycles. The molecule has 0 atom stereocenters. The Hall–Kier alpha value is -2.31. The molecule has 25 heavy (non-hydrogen) atoms. The Labute approximate surface area is 155 Å². The highest BCUT2D eigenvalue weighted by Crippen LogP contribution is 2.18. The summed E-state index contributed by atoms with van der Waals surface area (Å²) in [6.07, 6.45) is 2.23. The van der Waals surface area contributed by atoms with E-state index in [9.17, 15) is 4.79 Å². The van der Waals surface area contributed by atoms with Crippen molar-refractivity contribution in [1.82, 2.24) is 20.5 Å². The number of H-pyrrole nitrogens is 1. The summed E-state index contributed by atoms with van der Waals surface area (Å²) in [6, 6.07) is 15.2. The first kappa shape index (κ1) is 17.5. The minimum atomic E-state index is -0.0727. The second-order valence-corrected chi connectivity index (χ2v) is 6.81. The highest BCUT2D eigenvalue weighted by Gasteiger charge is 2.06. The van der Waals surface area contributed by atoms with Gasteiger partial charge in [-0.25, -0.2) is 4.98 Å². The van der Waals surface area contributed by atoms with Gasteiger partial charge in [-0.2, -0.15) is 5.10 Å². The molecule has 0 fully saturated rings. The summed E-state index contributed by atoms with van der Waals surface area (Å²) in [4.78, 5) is 16.3. The van der Waals surface area contributed by atoms with E-state index in [1.165, 1.54) is 6.33 Å². The van der Waals surface area contributed by atoms with Crippen LogP contribution in [0.3, 0.4) is 0 Å². The molecule has 3 rings (SSSR count). The van der Waals surface area contributed by atoms with Crippen molar-refractivity contribution in [3.63, 3.8) is 0 Å². The first-order chi connectivity index (χ1) is 12.2. The molecular formula is C18H17ClN4OS. The molecule has 0 aliphatic carbocycles. The van der Waals surface area contributed by atoms with Crippen molar-refractivity contribution >= 4 is 29.3 Å². The van der Waals surface area contributed by atoms with Gasteiger partial charge in [-0.3, -0.25) is 9.89 Å². The van der Waals surface area contributed by atoms with Gasteiger partial charge in [0.25, 0.3) is 5.91 Å². The zero-order valence-corrected chi connectivity index (χ0v) is 15.0.